The van der Waals surface area contributed by atoms with Gasteiger partial charge in [0.25, 0.3) is 0 Å². The minimum Gasteiger partial charge on any atom is -0.391 e. The van der Waals surface area contributed by atoms with Gasteiger partial charge in [0.05, 0.1) is 6.10 Å². The Morgan fingerprint density at radius 3 is 2.32 bits per heavy atom. The van der Waals surface area contributed by atoms with Crippen molar-refractivity contribution < 1.29 is 18.7 Å². The summed E-state index contributed by atoms with van der Waals surface area (Å²) in [5.74, 6) is -2.46. The molecule has 0 heterocycles. The van der Waals surface area contributed by atoms with E-state index in [1.807, 2.05) is 0 Å². The van der Waals surface area contributed by atoms with Crippen LogP contribution < -0.4 is 11.1 Å². The minimum absolute atomic E-state index is 0.0260. The molecule has 1 saturated carbocycles. The van der Waals surface area contributed by atoms with E-state index in [9.17, 15) is 18.7 Å². The standard InChI is InChI=1S/C28H38F2N2O2/c1-27(2,3)21-8-7-9-22(16-21)28(10-5-4-6-11-28)32-18-25(33)20(15-26(31)34)12-19-13-23(29)17-24(30)14-19/h7-9,13-14,16-17,20,25,32-33H,4-6,10-12,15,18H2,1-3H3,(H2,31,34). The van der Waals surface area contributed by atoms with Crippen LogP contribution >= 0.6 is 0 Å². The second-order valence-electron chi connectivity index (χ2n) is 10.8. The third-order valence-corrected chi connectivity index (χ3v) is 7.07. The number of amides is 1. The van der Waals surface area contributed by atoms with Crippen molar-refractivity contribution >= 4 is 5.91 Å². The molecule has 1 aliphatic rings. The Morgan fingerprint density at radius 1 is 1.09 bits per heavy atom. The van der Waals surface area contributed by atoms with Crippen molar-refractivity contribution in [2.45, 2.75) is 82.8 Å². The van der Waals surface area contributed by atoms with Crippen LogP contribution in [0.4, 0.5) is 8.78 Å². The van der Waals surface area contributed by atoms with E-state index in [2.05, 4.69) is 50.4 Å². The zero-order chi connectivity index (χ0) is 24.9. The molecule has 1 fully saturated rings. The number of benzene rings is 2. The molecule has 4 N–H and O–H groups in total. The van der Waals surface area contributed by atoms with Crippen LogP contribution in [0.1, 0.15) is 76.0 Å². The molecular weight excluding hydrogens is 434 g/mol. The van der Waals surface area contributed by atoms with Crippen molar-refractivity contribution in [1.29, 1.82) is 0 Å². The van der Waals surface area contributed by atoms with Gasteiger partial charge in [0.15, 0.2) is 0 Å². The van der Waals surface area contributed by atoms with Crippen LogP contribution in [0.15, 0.2) is 42.5 Å². The van der Waals surface area contributed by atoms with E-state index in [1.54, 1.807) is 0 Å². The minimum atomic E-state index is -0.900. The Balaban J connectivity index is 1.80. The zero-order valence-corrected chi connectivity index (χ0v) is 20.5. The molecule has 2 atom stereocenters. The maximum Gasteiger partial charge on any atom is 0.217 e. The quantitative estimate of drug-likeness (QED) is 0.475. The molecule has 0 spiro atoms. The number of hydrogen-bond donors (Lipinski definition) is 3. The fourth-order valence-electron chi connectivity index (χ4n) is 5.11. The molecule has 0 aromatic heterocycles. The fraction of sp³-hybridized carbons (Fsp3) is 0.536. The smallest absolute Gasteiger partial charge is 0.217 e. The lowest BCUT2D eigenvalue weighted by Gasteiger charge is -2.41. The lowest BCUT2D eigenvalue weighted by atomic mass is 9.74. The van der Waals surface area contributed by atoms with Gasteiger partial charge in [0.2, 0.25) is 5.91 Å². The number of halogens is 2. The molecule has 0 aliphatic heterocycles. The van der Waals surface area contributed by atoms with Gasteiger partial charge in [-0.1, -0.05) is 64.3 Å². The largest absolute Gasteiger partial charge is 0.391 e. The SMILES string of the molecule is CC(C)(C)c1cccc(C2(NCC(O)C(CC(N)=O)Cc3cc(F)cc(F)c3)CCCCC2)c1. The highest BCUT2D eigenvalue weighted by Crippen LogP contribution is 2.39. The van der Waals surface area contributed by atoms with E-state index in [0.29, 0.717) is 5.56 Å². The van der Waals surface area contributed by atoms with Crippen molar-refractivity contribution in [3.8, 4) is 0 Å². The van der Waals surface area contributed by atoms with Crippen LogP contribution in [0.5, 0.6) is 0 Å². The second kappa shape index (κ2) is 11.0. The number of nitrogens with two attached hydrogens (primary N) is 1. The Hall–Kier alpha value is -2.31. The Labute approximate surface area is 201 Å². The van der Waals surface area contributed by atoms with Crippen LogP contribution in [0.25, 0.3) is 0 Å². The molecule has 34 heavy (non-hydrogen) atoms. The lowest BCUT2D eigenvalue weighted by Crippen LogP contribution is -2.49. The highest BCUT2D eigenvalue weighted by molar-refractivity contribution is 5.74. The van der Waals surface area contributed by atoms with Crippen molar-refractivity contribution in [1.82, 2.24) is 5.32 Å². The van der Waals surface area contributed by atoms with Gasteiger partial charge >= 0.3 is 0 Å². The molecule has 4 nitrogen and oxygen atoms in total. The molecular formula is C28H38F2N2O2. The molecule has 2 unspecified atom stereocenters. The molecule has 0 saturated heterocycles. The van der Waals surface area contributed by atoms with Gasteiger partial charge in [-0.05, 0) is 59.4 Å². The molecule has 1 aliphatic carbocycles. The first-order chi connectivity index (χ1) is 16.0. The number of nitrogens with one attached hydrogen (secondary N) is 1. The average molecular weight is 473 g/mol. The van der Waals surface area contributed by atoms with E-state index in [0.717, 1.165) is 31.7 Å². The van der Waals surface area contributed by atoms with Crippen LogP contribution in [0.3, 0.4) is 0 Å². The summed E-state index contributed by atoms with van der Waals surface area (Å²) in [4.78, 5) is 11.7. The summed E-state index contributed by atoms with van der Waals surface area (Å²) in [7, 11) is 0. The van der Waals surface area contributed by atoms with Crippen LogP contribution in [-0.4, -0.2) is 23.7 Å². The third-order valence-electron chi connectivity index (χ3n) is 7.07. The molecule has 2 aromatic carbocycles. The molecule has 3 rings (SSSR count). The van der Waals surface area contributed by atoms with Crippen molar-refractivity contribution in [3.05, 3.63) is 70.8 Å². The Kier molecular flexibility index (Phi) is 8.47. The number of aliphatic hydroxyl groups excluding tert-OH is 1. The second-order valence-corrected chi connectivity index (χ2v) is 10.8. The summed E-state index contributed by atoms with van der Waals surface area (Å²) in [6.45, 7) is 6.84. The van der Waals surface area contributed by atoms with Gasteiger partial charge in [0, 0.05) is 24.6 Å². The lowest BCUT2D eigenvalue weighted by molar-refractivity contribution is -0.119. The fourth-order valence-corrected chi connectivity index (χ4v) is 5.11. The van der Waals surface area contributed by atoms with Crippen LogP contribution in [0, 0.1) is 17.6 Å². The molecule has 0 radical (unpaired) electrons. The number of carbonyl (C=O) groups is 1. The molecule has 0 bridgehead atoms. The van der Waals surface area contributed by atoms with E-state index in [-0.39, 0.29) is 30.3 Å². The maximum absolute atomic E-state index is 13.7. The highest BCUT2D eigenvalue weighted by atomic mass is 19.1. The maximum atomic E-state index is 13.7. The Bertz CT molecular complexity index is 960. The Morgan fingerprint density at radius 2 is 1.74 bits per heavy atom. The normalized spacial score (nSPS) is 17.8. The van der Waals surface area contributed by atoms with Crippen molar-refractivity contribution in [2.24, 2.45) is 11.7 Å². The van der Waals surface area contributed by atoms with E-state index in [4.69, 9.17) is 5.73 Å². The van der Waals surface area contributed by atoms with Crippen molar-refractivity contribution in [2.75, 3.05) is 6.54 Å². The highest BCUT2D eigenvalue weighted by Gasteiger charge is 2.35. The van der Waals surface area contributed by atoms with E-state index < -0.39 is 29.6 Å². The van der Waals surface area contributed by atoms with Gasteiger partial charge in [-0.3, -0.25) is 4.79 Å². The summed E-state index contributed by atoms with van der Waals surface area (Å²) in [5, 5.41) is 14.7. The molecule has 6 heteroatoms. The van der Waals surface area contributed by atoms with E-state index in [1.165, 1.54) is 29.7 Å². The first kappa shape index (κ1) is 26.3. The molecule has 186 valence electrons. The van der Waals surface area contributed by atoms with Gasteiger partial charge in [0.1, 0.15) is 11.6 Å². The predicted octanol–water partition coefficient (Wildman–Crippen LogP) is 5.11. The van der Waals surface area contributed by atoms with Gasteiger partial charge in [-0.25, -0.2) is 8.78 Å². The van der Waals surface area contributed by atoms with Gasteiger partial charge in [-0.15, -0.1) is 0 Å². The number of primary amides is 1. The first-order valence-electron chi connectivity index (χ1n) is 12.3. The van der Waals surface area contributed by atoms with Crippen LogP contribution in [-0.2, 0) is 22.2 Å². The summed E-state index contributed by atoms with van der Waals surface area (Å²) >= 11 is 0. The molecule has 2 aromatic rings. The number of aliphatic hydroxyl groups is 1. The van der Waals surface area contributed by atoms with Crippen molar-refractivity contribution in [3.63, 3.8) is 0 Å². The third kappa shape index (κ3) is 6.86. The number of rotatable bonds is 9. The van der Waals surface area contributed by atoms with Gasteiger partial charge < -0.3 is 16.2 Å². The monoisotopic (exact) mass is 472 g/mol. The summed E-state index contributed by atoms with van der Waals surface area (Å²) < 4.78 is 27.4. The first-order valence-corrected chi connectivity index (χ1v) is 12.3. The summed E-state index contributed by atoms with van der Waals surface area (Å²) in [6, 6.07) is 11.9. The summed E-state index contributed by atoms with van der Waals surface area (Å²) in [6.07, 6.45) is 4.49. The average Bonchev–Trinajstić information content (AvgIpc) is 2.76. The summed E-state index contributed by atoms with van der Waals surface area (Å²) in [5.41, 5.74) is 8.08. The predicted molar refractivity (Wildman–Crippen MR) is 131 cm³/mol. The number of hydrogen-bond acceptors (Lipinski definition) is 3. The number of carbonyl (C=O) groups excluding carboxylic acids is 1. The molecule has 1 amide bonds. The van der Waals surface area contributed by atoms with E-state index >= 15 is 0 Å². The zero-order valence-electron chi connectivity index (χ0n) is 20.5. The topological polar surface area (TPSA) is 75.3 Å². The van der Waals surface area contributed by atoms with Crippen LogP contribution in [0.2, 0.25) is 0 Å². The van der Waals surface area contributed by atoms with Gasteiger partial charge in [-0.2, -0.15) is 0 Å².